The highest BCUT2D eigenvalue weighted by Crippen LogP contribution is 2.31. The van der Waals surface area contributed by atoms with Crippen LogP contribution in [0.15, 0.2) is 64.4 Å². The number of carbonyl (C=O) groups is 1. The molecule has 5 rings (SSSR count). The first-order valence-corrected chi connectivity index (χ1v) is 10.5. The van der Waals surface area contributed by atoms with Gasteiger partial charge in [0, 0.05) is 30.2 Å². The third-order valence-corrected chi connectivity index (χ3v) is 6.22. The van der Waals surface area contributed by atoms with Crippen LogP contribution in [-0.4, -0.2) is 37.8 Å². The number of fused-ring (bicyclic) bond motifs is 2. The summed E-state index contributed by atoms with van der Waals surface area (Å²) < 4.78 is 5.85. The number of nitrogens with one attached hydrogen (secondary N) is 1. The predicted octanol–water partition coefficient (Wildman–Crippen LogP) is 4.28. The number of benzene rings is 2. The minimum absolute atomic E-state index is 0.0938. The second-order valence-corrected chi connectivity index (χ2v) is 8.45. The number of nitrogens with zero attached hydrogens (tertiary/aromatic N) is 3. The van der Waals surface area contributed by atoms with E-state index in [0.717, 1.165) is 29.4 Å². The van der Waals surface area contributed by atoms with Gasteiger partial charge in [0.15, 0.2) is 0 Å². The quantitative estimate of drug-likeness (QED) is 0.514. The molecule has 1 amide bonds. The third kappa shape index (κ3) is 3.42. The van der Waals surface area contributed by atoms with Crippen LogP contribution in [0.3, 0.4) is 0 Å². The van der Waals surface area contributed by atoms with Crippen LogP contribution >= 0.6 is 11.8 Å². The van der Waals surface area contributed by atoms with Crippen LogP contribution in [0.5, 0.6) is 0 Å². The molecule has 1 aliphatic rings. The first kappa shape index (κ1) is 18.0. The number of aromatic amines is 1. The van der Waals surface area contributed by atoms with E-state index in [1.54, 1.807) is 0 Å². The van der Waals surface area contributed by atoms with Crippen molar-refractivity contribution < 1.29 is 9.21 Å². The number of rotatable bonds is 4. The maximum atomic E-state index is 12.9. The fourth-order valence-corrected chi connectivity index (χ4v) is 4.52. The maximum absolute atomic E-state index is 12.9. The van der Waals surface area contributed by atoms with Crippen LogP contribution < -0.4 is 0 Å². The van der Waals surface area contributed by atoms with Gasteiger partial charge >= 0.3 is 0 Å². The molecule has 0 saturated heterocycles. The number of amides is 1. The smallest absolute Gasteiger partial charge is 0.277 e. The zero-order valence-electron chi connectivity index (χ0n) is 16.0. The Bertz CT molecular complexity index is 1180. The van der Waals surface area contributed by atoms with Crippen molar-refractivity contribution in [2.24, 2.45) is 0 Å². The van der Waals surface area contributed by atoms with E-state index in [-0.39, 0.29) is 11.2 Å². The Labute approximate surface area is 172 Å². The van der Waals surface area contributed by atoms with Gasteiger partial charge in [-0.05, 0) is 30.5 Å². The molecule has 2 aromatic carbocycles. The summed E-state index contributed by atoms with van der Waals surface area (Å²) in [6, 6.07) is 16.3. The Balaban J connectivity index is 1.29. The molecule has 1 N–H and O–H groups in total. The molecule has 1 aliphatic heterocycles. The number of hydrogen-bond acceptors (Lipinski definition) is 5. The SMILES string of the molecule is C[C@H](Sc1nnc(-c2c[nH]c3ccccc23)o1)C(=O)N1CCc2ccccc2C1. The van der Waals surface area contributed by atoms with E-state index in [4.69, 9.17) is 4.42 Å². The molecule has 0 saturated carbocycles. The van der Waals surface area contributed by atoms with Gasteiger partial charge in [-0.15, -0.1) is 10.2 Å². The zero-order valence-corrected chi connectivity index (χ0v) is 16.8. The second-order valence-electron chi connectivity index (χ2n) is 7.16. The summed E-state index contributed by atoms with van der Waals surface area (Å²) >= 11 is 1.31. The fourth-order valence-electron chi connectivity index (χ4n) is 3.76. The topological polar surface area (TPSA) is 75.0 Å². The largest absolute Gasteiger partial charge is 0.411 e. The molecule has 0 aliphatic carbocycles. The normalized spacial score (nSPS) is 14.7. The van der Waals surface area contributed by atoms with E-state index in [2.05, 4.69) is 33.4 Å². The molecule has 0 bridgehead atoms. The Morgan fingerprint density at radius 2 is 1.93 bits per heavy atom. The third-order valence-electron chi connectivity index (χ3n) is 5.29. The molecular weight excluding hydrogens is 384 g/mol. The van der Waals surface area contributed by atoms with Crippen molar-refractivity contribution in [1.29, 1.82) is 0 Å². The molecule has 0 spiro atoms. The van der Waals surface area contributed by atoms with Crippen molar-refractivity contribution in [2.45, 2.75) is 30.4 Å². The van der Waals surface area contributed by atoms with E-state index in [1.807, 2.05) is 48.4 Å². The Morgan fingerprint density at radius 3 is 2.83 bits per heavy atom. The molecule has 0 fully saturated rings. The number of hydrogen-bond donors (Lipinski definition) is 1. The monoisotopic (exact) mass is 404 g/mol. The summed E-state index contributed by atoms with van der Waals surface area (Å²) in [7, 11) is 0. The summed E-state index contributed by atoms with van der Waals surface area (Å²) in [5.41, 5.74) is 4.44. The zero-order chi connectivity index (χ0) is 19.8. The summed E-state index contributed by atoms with van der Waals surface area (Å²) in [6.07, 6.45) is 2.76. The first-order chi connectivity index (χ1) is 14.2. The van der Waals surface area contributed by atoms with E-state index >= 15 is 0 Å². The van der Waals surface area contributed by atoms with Crippen LogP contribution in [0.25, 0.3) is 22.4 Å². The Morgan fingerprint density at radius 1 is 1.14 bits per heavy atom. The van der Waals surface area contributed by atoms with Gasteiger partial charge in [-0.3, -0.25) is 4.79 Å². The van der Waals surface area contributed by atoms with Crippen molar-refractivity contribution in [3.63, 3.8) is 0 Å². The first-order valence-electron chi connectivity index (χ1n) is 9.61. The van der Waals surface area contributed by atoms with Gasteiger partial charge in [-0.25, -0.2) is 0 Å². The van der Waals surface area contributed by atoms with Crippen molar-refractivity contribution >= 4 is 28.6 Å². The summed E-state index contributed by atoms with van der Waals surface area (Å²) in [5, 5.41) is 9.47. The molecular formula is C22H20N4O2S. The molecule has 6 nitrogen and oxygen atoms in total. The highest BCUT2D eigenvalue weighted by Gasteiger charge is 2.27. The molecule has 3 heterocycles. The number of H-pyrrole nitrogens is 1. The van der Waals surface area contributed by atoms with Crippen molar-refractivity contribution in [3.8, 4) is 11.5 Å². The average molecular weight is 404 g/mol. The lowest BCUT2D eigenvalue weighted by molar-refractivity contribution is -0.131. The summed E-state index contributed by atoms with van der Waals surface area (Å²) in [4.78, 5) is 18.1. The van der Waals surface area contributed by atoms with Crippen LogP contribution in [-0.2, 0) is 17.8 Å². The minimum atomic E-state index is -0.295. The van der Waals surface area contributed by atoms with Crippen molar-refractivity contribution in [3.05, 3.63) is 65.9 Å². The highest BCUT2D eigenvalue weighted by atomic mass is 32.2. The molecule has 0 radical (unpaired) electrons. The van der Waals surface area contributed by atoms with E-state index in [0.29, 0.717) is 17.7 Å². The van der Waals surface area contributed by atoms with E-state index in [9.17, 15) is 4.79 Å². The molecule has 2 aromatic heterocycles. The van der Waals surface area contributed by atoms with Gasteiger partial charge < -0.3 is 14.3 Å². The van der Waals surface area contributed by atoms with Gasteiger partial charge in [-0.2, -0.15) is 0 Å². The lowest BCUT2D eigenvalue weighted by Crippen LogP contribution is -2.40. The molecule has 1 atom stereocenters. The van der Waals surface area contributed by atoms with Gasteiger partial charge in [0.05, 0.1) is 10.8 Å². The minimum Gasteiger partial charge on any atom is -0.411 e. The van der Waals surface area contributed by atoms with Gasteiger partial charge in [0.25, 0.3) is 11.1 Å². The molecule has 7 heteroatoms. The Kier molecular flexibility index (Phi) is 4.60. The lowest BCUT2D eigenvalue weighted by Gasteiger charge is -2.30. The van der Waals surface area contributed by atoms with E-state index < -0.39 is 0 Å². The van der Waals surface area contributed by atoms with Crippen LogP contribution in [0, 0.1) is 0 Å². The fraction of sp³-hybridized carbons (Fsp3) is 0.227. The number of thioether (sulfide) groups is 1. The van der Waals surface area contributed by atoms with Crippen LogP contribution in [0.2, 0.25) is 0 Å². The highest BCUT2D eigenvalue weighted by molar-refractivity contribution is 8.00. The second kappa shape index (κ2) is 7.40. The lowest BCUT2D eigenvalue weighted by atomic mass is 10.00. The van der Waals surface area contributed by atoms with Crippen LogP contribution in [0.4, 0.5) is 0 Å². The van der Waals surface area contributed by atoms with Crippen LogP contribution in [0.1, 0.15) is 18.1 Å². The summed E-state index contributed by atoms with van der Waals surface area (Å²) in [6.45, 7) is 3.29. The summed E-state index contributed by atoms with van der Waals surface area (Å²) in [5.74, 6) is 0.549. The Hall–Kier alpha value is -3.06. The number of para-hydroxylation sites is 1. The van der Waals surface area contributed by atoms with E-state index in [1.165, 1.54) is 22.9 Å². The van der Waals surface area contributed by atoms with Gasteiger partial charge in [-0.1, -0.05) is 54.2 Å². The molecule has 0 unspecified atom stereocenters. The average Bonchev–Trinajstić information content (AvgIpc) is 3.39. The number of aromatic nitrogens is 3. The standard InChI is InChI=1S/C22H20N4O2S/c1-14(21(27)26-11-10-15-6-2-3-7-16(15)13-26)29-22-25-24-20(28-22)18-12-23-19-9-5-4-8-17(18)19/h2-9,12,14,23H,10-11,13H2,1H3/t14-/m0/s1. The molecule has 29 heavy (non-hydrogen) atoms. The maximum Gasteiger partial charge on any atom is 0.277 e. The van der Waals surface area contributed by atoms with Gasteiger partial charge in [0.1, 0.15) is 0 Å². The van der Waals surface area contributed by atoms with Crippen molar-refractivity contribution in [1.82, 2.24) is 20.1 Å². The number of carbonyl (C=O) groups excluding carboxylic acids is 1. The molecule has 146 valence electrons. The molecule has 4 aromatic rings. The van der Waals surface area contributed by atoms with Gasteiger partial charge in [0.2, 0.25) is 5.91 Å². The predicted molar refractivity (Wildman–Crippen MR) is 112 cm³/mol. The van der Waals surface area contributed by atoms with Crippen molar-refractivity contribution in [2.75, 3.05) is 6.54 Å².